The highest BCUT2D eigenvalue weighted by Crippen LogP contribution is 2.34. The zero-order valence-corrected chi connectivity index (χ0v) is 19.4. The van der Waals surface area contributed by atoms with Crippen LogP contribution in [0, 0.1) is 0 Å². The van der Waals surface area contributed by atoms with Gasteiger partial charge in [-0.15, -0.1) is 0 Å². The van der Waals surface area contributed by atoms with E-state index in [0.717, 1.165) is 11.1 Å². The molecule has 164 valence electrons. The number of amides is 1. The van der Waals surface area contributed by atoms with Crippen LogP contribution >= 0.6 is 0 Å². The van der Waals surface area contributed by atoms with Gasteiger partial charge in [0.2, 0.25) is 0 Å². The van der Waals surface area contributed by atoms with E-state index in [0.29, 0.717) is 17.2 Å². The molecule has 2 aromatic rings. The van der Waals surface area contributed by atoms with Crippen LogP contribution in [-0.4, -0.2) is 26.0 Å². The lowest BCUT2D eigenvalue weighted by Crippen LogP contribution is -2.19. The van der Waals surface area contributed by atoms with Crippen molar-refractivity contribution >= 4 is 21.7 Å². The van der Waals surface area contributed by atoms with Gasteiger partial charge >= 0.3 is 0 Å². The van der Waals surface area contributed by atoms with Crippen LogP contribution in [0.25, 0.3) is 0 Å². The van der Waals surface area contributed by atoms with Gasteiger partial charge in [0, 0.05) is 5.56 Å². The van der Waals surface area contributed by atoms with E-state index in [-0.39, 0.29) is 28.3 Å². The summed E-state index contributed by atoms with van der Waals surface area (Å²) in [5.41, 5.74) is 3.81. The molecule has 0 aliphatic rings. The van der Waals surface area contributed by atoms with Crippen LogP contribution in [0.5, 0.6) is 5.75 Å². The smallest absolute Gasteiger partial charge is 0.294 e. The van der Waals surface area contributed by atoms with Crippen LogP contribution in [0.4, 0.5) is 5.69 Å². The summed E-state index contributed by atoms with van der Waals surface area (Å²) in [5, 5.41) is 2.79. The van der Waals surface area contributed by atoms with Crippen molar-refractivity contribution in [2.75, 3.05) is 12.4 Å². The van der Waals surface area contributed by atoms with Gasteiger partial charge in [0.1, 0.15) is 5.75 Å². The van der Waals surface area contributed by atoms with Gasteiger partial charge in [-0.05, 0) is 52.6 Å². The number of nitrogens with one attached hydrogen (secondary N) is 1. The molecule has 7 heteroatoms. The third kappa shape index (κ3) is 5.21. The normalized spacial score (nSPS) is 12.0. The molecule has 6 nitrogen and oxygen atoms in total. The highest BCUT2D eigenvalue weighted by Gasteiger charge is 2.24. The first kappa shape index (κ1) is 23.9. The fourth-order valence-corrected chi connectivity index (χ4v) is 3.85. The predicted octanol–water partition coefficient (Wildman–Crippen LogP) is 5.56. The quantitative estimate of drug-likeness (QED) is 0.557. The third-order valence-electron chi connectivity index (χ3n) is 5.08. The fraction of sp³-hybridized carbons (Fsp3) is 0.435. The first-order valence-electron chi connectivity index (χ1n) is 10.0. The summed E-state index contributed by atoms with van der Waals surface area (Å²) in [5.74, 6) is 0.514. The van der Waals surface area contributed by atoms with E-state index in [2.05, 4.69) is 31.3 Å². The molecule has 0 bridgehead atoms. The van der Waals surface area contributed by atoms with Crippen molar-refractivity contribution in [2.24, 2.45) is 0 Å². The number of hydrogen-bond acceptors (Lipinski definition) is 4. The Morgan fingerprint density at radius 1 is 0.933 bits per heavy atom. The van der Waals surface area contributed by atoms with Gasteiger partial charge in [-0.3, -0.25) is 9.35 Å². The van der Waals surface area contributed by atoms with Gasteiger partial charge in [0.25, 0.3) is 16.0 Å². The van der Waals surface area contributed by atoms with Gasteiger partial charge in [-0.2, -0.15) is 8.42 Å². The summed E-state index contributed by atoms with van der Waals surface area (Å²) in [6.45, 7) is 12.4. The van der Waals surface area contributed by atoms with E-state index < -0.39 is 10.1 Å². The van der Waals surface area contributed by atoms with Crippen LogP contribution < -0.4 is 10.1 Å². The Labute approximate surface area is 179 Å². The molecular weight excluding hydrogens is 402 g/mol. The Bertz CT molecular complexity index is 1010. The lowest BCUT2D eigenvalue weighted by Gasteiger charge is -2.22. The Balaban J connectivity index is 2.64. The molecule has 2 N–H and O–H groups in total. The maximum Gasteiger partial charge on any atom is 0.294 e. The van der Waals surface area contributed by atoms with Crippen molar-refractivity contribution in [3.05, 3.63) is 52.6 Å². The van der Waals surface area contributed by atoms with Gasteiger partial charge in [0.15, 0.2) is 0 Å². The van der Waals surface area contributed by atoms with Gasteiger partial charge in [-0.1, -0.05) is 53.7 Å². The van der Waals surface area contributed by atoms with E-state index in [9.17, 15) is 17.8 Å². The van der Waals surface area contributed by atoms with Gasteiger partial charge < -0.3 is 10.1 Å². The molecule has 1 amide bonds. The second-order valence-electron chi connectivity index (χ2n) is 8.33. The number of hydrogen-bond donors (Lipinski definition) is 2. The minimum absolute atomic E-state index is 0.119. The van der Waals surface area contributed by atoms with Gasteiger partial charge in [0.05, 0.1) is 17.7 Å². The maximum absolute atomic E-state index is 13.4. The Morgan fingerprint density at radius 2 is 1.47 bits per heavy atom. The second kappa shape index (κ2) is 9.18. The molecule has 0 aliphatic heterocycles. The molecule has 0 atom stereocenters. The molecule has 0 heterocycles. The Hall–Kier alpha value is -2.38. The van der Waals surface area contributed by atoms with Gasteiger partial charge in [-0.25, -0.2) is 0 Å². The summed E-state index contributed by atoms with van der Waals surface area (Å²) in [4.78, 5) is 13.1. The summed E-state index contributed by atoms with van der Waals surface area (Å²) in [6, 6.07) is 7.95. The van der Waals surface area contributed by atoms with E-state index in [1.807, 2.05) is 27.7 Å². The van der Waals surface area contributed by atoms with E-state index in [4.69, 9.17) is 4.74 Å². The zero-order valence-electron chi connectivity index (χ0n) is 18.6. The SMILES string of the molecule is COc1ccc(S(=O)(=O)O)cc1NC(=O)c1c(C(C)C)cc(C(C)C)cc1C(C)C. The van der Waals surface area contributed by atoms with Crippen molar-refractivity contribution in [3.8, 4) is 5.75 Å². The number of methoxy groups -OCH3 is 1. The maximum atomic E-state index is 13.4. The van der Waals surface area contributed by atoms with Crippen molar-refractivity contribution in [3.63, 3.8) is 0 Å². The standard InChI is InChI=1S/C23H31NO5S/c1-13(2)16-10-18(14(3)4)22(19(11-16)15(5)6)23(25)24-20-12-17(30(26,27)28)8-9-21(20)29-7/h8-15H,1-7H3,(H,24,25)(H,26,27,28). The number of carbonyl (C=O) groups is 1. The molecule has 0 unspecified atom stereocenters. The average Bonchev–Trinajstić information content (AvgIpc) is 2.65. The van der Waals surface area contributed by atoms with Crippen molar-refractivity contribution in [2.45, 2.75) is 64.2 Å². The topological polar surface area (TPSA) is 92.7 Å². The van der Waals surface area contributed by atoms with E-state index in [1.165, 1.54) is 30.9 Å². The molecule has 30 heavy (non-hydrogen) atoms. The lowest BCUT2D eigenvalue weighted by atomic mass is 9.84. The molecule has 2 aromatic carbocycles. The Morgan fingerprint density at radius 3 is 1.87 bits per heavy atom. The number of rotatable bonds is 7. The monoisotopic (exact) mass is 433 g/mol. The predicted molar refractivity (Wildman–Crippen MR) is 119 cm³/mol. The minimum Gasteiger partial charge on any atom is -0.495 e. The lowest BCUT2D eigenvalue weighted by molar-refractivity contribution is 0.102. The molecule has 2 rings (SSSR count). The number of anilines is 1. The van der Waals surface area contributed by atoms with Crippen molar-refractivity contribution in [1.82, 2.24) is 0 Å². The molecule has 0 saturated carbocycles. The number of carbonyl (C=O) groups excluding carboxylic acids is 1. The van der Waals surface area contributed by atoms with Crippen LogP contribution in [0.15, 0.2) is 35.2 Å². The summed E-state index contributed by atoms with van der Waals surface area (Å²) < 4.78 is 37.7. The summed E-state index contributed by atoms with van der Waals surface area (Å²) >= 11 is 0. The largest absolute Gasteiger partial charge is 0.495 e. The Kier molecular flexibility index (Phi) is 7.31. The fourth-order valence-electron chi connectivity index (χ4n) is 3.35. The summed E-state index contributed by atoms with van der Waals surface area (Å²) in [7, 11) is -2.99. The average molecular weight is 434 g/mol. The van der Waals surface area contributed by atoms with Crippen LogP contribution in [0.2, 0.25) is 0 Å². The summed E-state index contributed by atoms with van der Waals surface area (Å²) in [6.07, 6.45) is 0. The van der Waals surface area contributed by atoms with Crippen molar-refractivity contribution < 1.29 is 22.5 Å². The number of ether oxygens (including phenoxy) is 1. The van der Waals surface area contributed by atoms with Crippen LogP contribution in [0.3, 0.4) is 0 Å². The van der Waals surface area contributed by atoms with Crippen LogP contribution in [0.1, 0.15) is 86.3 Å². The zero-order chi connectivity index (χ0) is 22.8. The first-order chi connectivity index (χ1) is 13.9. The highest BCUT2D eigenvalue weighted by molar-refractivity contribution is 7.85. The third-order valence-corrected chi connectivity index (χ3v) is 5.93. The molecule has 0 aliphatic carbocycles. The first-order valence-corrected chi connectivity index (χ1v) is 11.4. The van der Waals surface area contributed by atoms with E-state index in [1.54, 1.807) is 0 Å². The molecular formula is C23H31NO5S. The molecule has 0 aromatic heterocycles. The number of benzene rings is 2. The molecule has 0 radical (unpaired) electrons. The van der Waals surface area contributed by atoms with E-state index >= 15 is 0 Å². The highest BCUT2D eigenvalue weighted by atomic mass is 32.2. The second-order valence-corrected chi connectivity index (χ2v) is 9.75. The van der Waals surface area contributed by atoms with Crippen molar-refractivity contribution in [1.29, 1.82) is 0 Å². The minimum atomic E-state index is -4.42. The molecule has 0 saturated heterocycles. The van der Waals surface area contributed by atoms with Crippen LogP contribution in [-0.2, 0) is 10.1 Å². The molecule has 0 spiro atoms. The molecule has 0 fully saturated rings.